The molecule has 2 atom stereocenters. The van der Waals surface area contributed by atoms with E-state index in [0.29, 0.717) is 26.2 Å². The molecule has 5 heteroatoms. The maximum atomic E-state index is 11.3. The van der Waals surface area contributed by atoms with Crippen LogP contribution in [0.5, 0.6) is 0 Å². The lowest BCUT2D eigenvalue weighted by Crippen LogP contribution is -2.52. The fourth-order valence-corrected chi connectivity index (χ4v) is 2.35. The fourth-order valence-electron chi connectivity index (χ4n) is 2.35. The molecule has 0 aromatic heterocycles. The van der Waals surface area contributed by atoms with Gasteiger partial charge in [-0.15, -0.1) is 0 Å². The monoisotopic (exact) mass is 260 g/mol. The predicted octanol–water partition coefficient (Wildman–Crippen LogP) is 1.89. The van der Waals surface area contributed by atoms with Crippen molar-refractivity contribution < 1.29 is 23.7 Å². The van der Waals surface area contributed by atoms with Crippen molar-refractivity contribution in [2.75, 3.05) is 26.9 Å². The van der Waals surface area contributed by atoms with E-state index < -0.39 is 5.79 Å². The van der Waals surface area contributed by atoms with E-state index in [2.05, 4.69) is 0 Å². The van der Waals surface area contributed by atoms with Crippen LogP contribution in [0.4, 0.5) is 0 Å². The summed E-state index contributed by atoms with van der Waals surface area (Å²) in [6.07, 6.45) is 3.40. The SMILES string of the molecule is CCOC1CCCCC1(OCCOC)OC(C)=O. The van der Waals surface area contributed by atoms with Crippen LogP contribution in [0.3, 0.4) is 0 Å². The van der Waals surface area contributed by atoms with Crippen molar-refractivity contribution >= 4 is 5.97 Å². The molecule has 1 aliphatic carbocycles. The average Bonchev–Trinajstić information content (AvgIpc) is 2.32. The van der Waals surface area contributed by atoms with Gasteiger partial charge in [-0.3, -0.25) is 4.79 Å². The van der Waals surface area contributed by atoms with Crippen LogP contribution in [-0.2, 0) is 23.7 Å². The number of hydrogen-bond acceptors (Lipinski definition) is 5. The van der Waals surface area contributed by atoms with E-state index in [-0.39, 0.29) is 12.1 Å². The third kappa shape index (κ3) is 4.23. The number of rotatable bonds is 7. The molecular formula is C13H24O5. The number of methoxy groups -OCH3 is 1. The van der Waals surface area contributed by atoms with Gasteiger partial charge in [-0.25, -0.2) is 0 Å². The molecule has 2 unspecified atom stereocenters. The van der Waals surface area contributed by atoms with Crippen LogP contribution in [-0.4, -0.2) is 44.8 Å². The molecule has 1 saturated carbocycles. The molecule has 0 heterocycles. The molecular weight excluding hydrogens is 236 g/mol. The molecule has 0 bridgehead atoms. The standard InChI is InChI=1S/C13H24O5/c1-4-16-12-7-5-6-8-13(12,18-11(2)14)17-10-9-15-3/h12H,4-10H2,1-3H3. The lowest BCUT2D eigenvalue weighted by atomic mass is 9.90. The highest BCUT2D eigenvalue weighted by molar-refractivity contribution is 5.66. The van der Waals surface area contributed by atoms with Crippen molar-refractivity contribution in [3.05, 3.63) is 0 Å². The molecule has 18 heavy (non-hydrogen) atoms. The Morgan fingerprint density at radius 1 is 1.33 bits per heavy atom. The Kier molecular flexibility index (Phi) is 6.60. The number of hydrogen-bond donors (Lipinski definition) is 0. The fraction of sp³-hybridized carbons (Fsp3) is 0.923. The number of ether oxygens (including phenoxy) is 4. The van der Waals surface area contributed by atoms with E-state index in [0.717, 1.165) is 19.3 Å². The summed E-state index contributed by atoms with van der Waals surface area (Å²) in [5, 5.41) is 0. The zero-order chi connectivity index (χ0) is 13.4. The summed E-state index contributed by atoms with van der Waals surface area (Å²) in [5.41, 5.74) is 0. The summed E-state index contributed by atoms with van der Waals surface area (Å²) in [5.74, 6) is -1.27. The Hall–Kier alpha value is -0.650. The van der Waals surface area contributed by atoms with Crippen LogP contribution in [0.2, 0.25) is 0 Å². The van der Waals surface area contributed by atoms with Gasteiger partial charge in [0.25, 0.3) is 0 Å². The maximum absolute atomic E-state index is 11.3. The highest BCUT2D eigenvalue weighted by Crippen LogP contribution is 2.35. The Morgan fingerprint density at radius 2 is 2.11 bits per heavy atom. The first-order valence-corrected chi connectivity index (χ1v) is 6.58. The summed E-state index contributed by atoms with van der Waals surface area (Å²) in [4.78, 5) is 11.3. The lowest BCUT2D eigenvalue weighted by Gasteiger charge is -2.42. The Balaban J connectivity index is 2.73. The average molecular weight is 260 g/mol. The normalized spacial score (nSPS) is 28.1. The maximum Gasteiger partial charge on any atom is 0.305 e. The molecule has 0 radical (unpaired) electrons. The predicted molar refractivity (Wildman–Crippen MR) is 66.2 cm³/mol. The molecule has 106 valence electrons. The molecule has 0 aromatic rings. The number of carbonyl (C=O) groups is 1. The number of carbonyl (C=O) groups excluding carboxylic acids is 1. The molecule has 0 spiro atoms. The number of esters is 1. The van der Waals surface area contributed by atoms with E-state index in [1.165, 1.54) is 6.92 Å². The Morgan fingerprint density at radius 3 is 2.72 bits per heavy atom. The third-order valence-electron chi connectivity index (χ3n) is 3.05. The van der Waals surface area contributed by atoms with Gasteiger partial charge in [0, 0.05) is 27.1 Å². The first kappa shape index (κ1) is 15.4. The van der Waals surface area contributed by atoms with Gasteiger partial charge in [-0.2, -0.15) is 0 Å². The van der Waals surface area contributed by atoms with Crippen LogP contribution in [0, 0.1) is 0 Å². The van der Waals surface area contributed by atoms with Gasteiger partial charge in [0.1, 0.15) is 6.10 Å². The van der Waals surface area contributed by atoms with Crippen molar-refractivity contribution in [3.63, 3.8) is 0 Å². The summed E-state index contributed by atoms with van der Waals surface area (Å²) in [6.45, 7) is 4.79. The second kappa shape index (κ2) is 7.71. The topological polar surface area (TPSA) is 54.0 Å². The van der Waals surface area contributed by atoms with Gasteiger partial charge < -0.3 is 18.9 Å². The van der Waals surface area contributed by atoms with Crippen LogP contribution >= 0.6 is 0 Å². The molecule has 0 aromatic carbocycles. The van der Waals surface area contributed by atoms with Crippen molar-refractivity contribution in [1.82, 2.24) is 0 Å². The largest absolute Gasteiger partial charge is 0.430 e. The quantitative estimate of drug-likeness (QED) is 0.397. The molecule has 5 nitrogen and oxygen atoms in total. The van der Waals surface area contributed by atoms with Crippen molar-refractivity contribution in [1.29, 1.82) is 0 Å². The minimum absolute atomic E-state index is 0.183. The minimum Gasteiger partial charge on any atom is -0.430 e. The van der Waals surface area contributed by atoms with Gasteiger partial charge in [0.15, 0.2) is 0 Å². The van der Waals surface area contributed by atoms with E-state index in [1.54, 1.807) is 7.11 Å². The molecule has 0 saturated heterocycles. The van der Waals surface area contributed by atoms with Gasteiger partial charge in [0.05, 0.1) is 13.2 Å². The first-order chi connectivity index (χ1) is 8.64. The van der Waals surface area contributed by atoms with Gasteiger partial charge in [0.2, 0.25) is 5.79 Å². The summed E-state index contributed by atoms with van der Waals surface area (Å²) < 4.78 is 21.9. The molecule has 0 N–H and O–H groups in total. The van der Waals surface area contributed by atoms with E-state index in [1.807, 2.05) is 6.92 Å². The molecule has 1 aliphatic rings. The Labute approximate surface area is 109 Å². The van der Waals surface area contributed by atoms with Crippen LogP contribution in [0.1, 0.15) is 39.5 Å². The molecule has 0 aliphatic heterocycles. The summed E-state index contributed by atoms with van der Waals surface area (Å²) in [6, 6.07) is 0. The third-order valence-corrected chi connectivity index (χ3v) is 3.05. The van der Waals surface area contributed by atoms with Crippen LogP contribution in [0.25, 0.3) is 0 Å². The highest BCUT2D eigenvalue weighted by atomic mass is 16.7. The van der Waals surface area contributed by atoms with E-state index >= 15 is 0 Å². The van der Waals surface area contributed by atoms with E-state index in [9.17, 15) is 4.79 Å². The zero-order valence-electron chi connectivity index (χ0n) is 11.6. The molecule has 1 rings (SSSR count). The Bertz CT molecular complexity index is 254. The van der Waals surface area contributed by atoms with Gasteiger partial charge in [-0.05, 0) is 19.8 Å². The second-order valence-electron chi connectivity index (χ2n) is 4.44. The highest BCUT2D eigenvalue weighted by Gasteiger charge is 2.45. The lowest BCUT2D eigenvalue weighted by molar-refractivity contribution is -0.291. The van der Waals surface area contributed by atoms with Crippen LogP contribution in [0.15, 0.2) is 0 Å². The van der Waals surface area contributed by atoms with Gasteiger partial charge in [-0.1, -0.05) is 6.42 Å². The molecule has 1 fully saturated rings. The minimum atomic E-state index is -0.932. The van der Waals surface area contributed by atoms with Crippen LogP contribution < -0.4 is 0 Å². The van der Waals surface area contributed by atoms with Crippen molar-refractivity contribution in [2.24, 2.45) is 0 Å². The van der Waals surface area contributed by atoms with Crippen molar-refractivity contribution in [3.8, 4) is 0 Å². The zero-order valence-corrected chi connectivity index (χ0v) is 11.6. The summed E-state index contributed by atoms with van der Waals surface area (Å²) in [7, 11) is 1.61. The first-order valence-electron chi connectivity index (χ1n) is 6.58. The second-order valence-corrected chi connectivity index (χ2v) is 4.44. The van der Waals surface area contributed by atoms with Gasteiger partial charge >= 0.3 is 5.97 Å². The molecule has 0 amide bonds. The smallest absolute Gasteiger partial charge is 0.305 e. The summed E-state index contributed by atoms with van der Waals surface area (Å²) >= 11 is 0. The van der Waals surface area contributed by atoms with E-state index in [4.69, 9.17) is 18.9 Å². The van der Waals surface area contributed by atoms with Crippen molar-refractivity contribution in [2.45, 2.75) is 51.4 Å².